The van der Waals surface area contributed by atoms with Gasteiger partial charge in [-0.15, -0.1) is 0 Å². The number of nitrogen functional groups attached to an aromatic ring is 1. The quantitative estimate of drug-likeness (QED) is 0.870. The van der Waals surface area contributed by atoms with Gasteiger partial charge >= 0.3 is 0 Å². The van der Waals surface area contributed by atoms with Crippen molar-refractivity contribution in [2.75, 3.05) is 17.7 Å². The zero-order valence-electron chi connectivity index (χ0n) is 11.3. The minimum absolute atomic E-state index is 0.440. The van der Waals surface area contributed by atoms with Crippen LogP contribution in [0.2, 0.25) is 0 Å². The average Bonchev–Trinajstić information content (AvgIpc) is 2.48. The van der Waals surface area contributed by atoms with Crippen molar-refractivity contribution in [2.45, 2.75) is 13.3 Å². The second-order valence-electron chi connectivity index (χ2n) is 4.27. The number of nitriles is 1. The molecular formula is C15H16N4O. The molecule has 0 saturated carbocycles. The molecule has 2 rings (SSSR count). The summed E-state index contributed by atoms with van der Waals surface area (Å²) >= 11 is 0. The van der Waals surface area contributed by atoms with Crippen LogP contribution in [0.4, 0.5) is 17.2 Å². The molecule has 0 radical (unpaired) electrons. The lowest BCUT2D eigenvalue weighted by Crippen LogP contribution is -2.00. The average molecular weight is 268 g/mol. The van der Waals surface area contributed by atoms with E-state index in [2.05, 4.69) is 17.2 Å². The van der Waals surface area contributed by atoms with Gasteiger partial charge in [0.05, 0.1) is 17.9 Å². The second-order valence-corrected chi connectivity index (χ2v) is 4.27. The highest BCUT2D eigenvalue weighted by Crippen LogP contribution is 2.23. The maximum absolute atomic E-state index is 8.76. The van der Waals surface area contributed by atoms with Crippen molar-refractivity contribution in [1.29, 1.82) is 5.26 Å². The van der Waals surface area contributed by atoms with E-state index in [0.717, 1.165) is 17.9 Å². The van der Waals surface area contributed by atoms with E-state index in [4.69, 9.17) is 15.7 Å². The molecule has 5 nitrogen and oxygen atoms in total. The van der Waals surface area contributed by atoms with Gasteiger partial charge in [0.2, 0.25) is 0 Å². The van der Waals surface area contributed by atoms with Gasteiger partial charge in [0.1, 0.15) is 11.8 Å². The van der Waals surface area contributed by atoms with Crippen LogP contribution in [0.1, 0.15) is 18.9 Å². The van der Waals surface area contributed by atoms with Crippen molar-refractivity contribution in [2.24, 2.45) is 0 Å². The first kappa shape index (κ1) is 13.7. The number of benzene rings is 1. The van der Waals surface area contributed by atoms with Gasteiger partial charge in [-0.25, -0.2) is 4.98 Å². The Labute approximate surface area is 118 Å². The molecule has 1 aromatic heterocycles. The number of aromatic nitrogens is 1. The lowest BCUT2D eigenvalue weighted by Gasteiger charge is -2.09. The fourth-order valence-corrected chi connectivity index (χ4v) is 1.64. The molecule has 0 bridgehead atoms. The fourth-order valence-electron chi connectivity index (χ4n) is 1.64. The third-order valence-electron chi connectivity index (χ3n) is 2.64. The summed E-state index contributed by atoms with van der Waals surface area (Å²) in [7, 11) is 0. The van der Waals surface area contributed by atoms with Gasteiger partial charge in [0.15, 0.2) is 5.82 Å². The van der Waals surface area contributed by atoms with E-state index < -0.39 is 0 Å². The summed E-state index contributed by atoms with van der Waals surface area (Å²) in [5.74, 6) is 1.37. The molecule has 0 aliphatic heterocycles. The molecule has 102 valence electrons. The first-order valence-corrected chi connectivity index (χ1v) is 6.38. The van der Waals surface area contributed by atoms with Crippen LogP contribution in [-0.2, 0) is 0 Å². The third kappa shape index (κ3) is 3.39. The molecule has 0 unspecified atom stereocenters. The Balaban J connectivity index is 2.08. The molecule has 20 heavy (non-hydrogen) atoms. The molecule has 0 atom stereocenters. The number of hydrogen-bond acceptors (Lipinski definition) is 5. The fraction of sp³-hybridized carbons (Fsp3) is 0.200. The van der Waals surface area contributed by atoms with Crippen molar-refractivity contribution in [1.82, 2.24) is 4.98 Å². The van der Waals surface area contributed by atoms with Gasteiger partial charge in [0, 0.05) is 11.9 Å². The molecule has 0 amide bonds. The Kier molecular flexibility index (Phi) is 4.40. The van der Waals surface area contributed by atoms with Gasteiger partial charge in [-0.05, 0) is 36.8 Å². The summed E-state index contributed by atoms with van der Waals surface area (Å²) in [5, 5.41) is 11.9. The van der Waals surface area contributed by atoms with Gasteiger partial charge < -0.3 is 15.8 Å². The van der Waals surface area contributed by atoms with Crippen molar-refractivity contribution < 1.29 is 4.74 Å². The van der Waals surface area contributed by atoms with Crippen molar-refractivity contribution in [3.63, 3.8) is 0 Å². The highest BCUT2D eigenvalue weighted by atomic mass is 16.5. The molecule has 1 heterocycles. The monoisotopic (exact) mass is 268 g/mol. The van der Waals surface area contributed by atoms with Gasteiger partial charge in [-0.2, -0.15) is 5.26 Å². The van der Waals surface area contributed by atoms with E-state index >= 15 is 0 Å². The molecule has 0 saturated heterocycles. The summed E-state index contributed by atoms with van der Waals surface area (Å²) in [6.07, 6.45) is 2.46. The molecular weight excluding hydrogens is 252 g/mol. The van der Waals surface area contributed by atoms with E-state index in [0.29, 0.717) is 23.7 Å². The standard InChI is InChI=1S/C15H16N4O/c1-2-7-20-13-5-3-12(4-6-13)19-15-14(17)8-11(9-16)10-18-15/h3-6,8,10H,2,7,17H2,1H3,(H,18,19). The maximum Gasteiger partial charge on any atom is 0.153 e. The van der Waals surface area contributed by atoms with E-state index in [1.54, 1.807) is 6.07 Å². The second kappa shape index (κ2) is 6.43. The summed E-state index contributed by atoms with van der Waals surface area (Å²) in [5.41, 5.74) is 7.58. The van der Waals surface area contributed by atoms with Crippen LogP contribution < -0.4 is 15.8 Å². The summed E-state index contributed by atoms with van der Waals surface area (Å²) < 4.78 is 5.51. The number of rotatable bonds is 5. The Morgan fingerprint density at radius 2 is 2.10 bits per heavy atom. The van der Waals surface area contributed by atoms with E-state index in [9.17, 15) is 0 Å². The van der Waals surface area contributed by atoms with Crippen LogP contribution in [0.15, 0.2) is 36.5 Å². The highest BCUT2D eigenvalue weighted by Gasteiger charge is 2.03. The van der Waals surface area contributed by atoms with E-state index in [1.165, 1.54) is 6.20 Å². The predicted octanol–water partition coefficient (Wildman–Crippen LogP) is 3.07. The van der Waals surface area contributed by atoms with Gasteiger partial charge in [-0.1, -0.05) is 6.92 Å². The molecule has 0 aliphatic carbocycles. The number of nitrogens with two attached hydrogens (primary N) is 1. The molecule has 0 spiro atoms. The SMILES string of the molecule is CCCOc1ccc(Nc2ncc(C#N)cc2N)cc1. The van der Waals surface area contributed by atoms with Crippen LogP contribution >= 0.6 is 0 Å². The Morgan fingerprint density at radius 1 is 1.35 bits per heavy atom. The summed E-state index contributed by atoms with van der Waals surface area (Å²) in [4.78, 5) is 4.13. The number of nitrogens with zero attached hydrogens (tertiary/aromatic N) is 2. The van der Waals surface area contributed by atoms with Crippen LogP contribution in [0, 0.1) is 11.3 Å². The van der Waals surface area contributed by atoms with Crippen molar-refractivity contribution in [3.05, 3.63) is 42.1 Å². The number of hydrogen-bond donors (Lipinski definition) is 2. The molecule has 2 aromatic rings. The number of anilines is 3. The topological polar surface area (TPSA) is 84.0 Å². The lowest BCUT2D eigenvalue weighted by atomic mass is 10.2. The summed E-state index contributed by atoms with van der Waals surface area (Å²) in [6.45, 7) is 2.77. The zero-order valence-corrected chi connectivity index (χ0v) is 11.3. The Hall–Kier alpha value is -2.74. The van der Waals surface area contributed by atoms with Crippen LogP contribution in [0.25, 0.3) is 0 Å². The van der Waals surface area contributed by atoms with Crippen molar-refractivity contribution >= 4 is 17.2 Å². The largest absolute Gasteiger partial charge is 0.494 e. The molecule has 5 heteroatoms. The maximum atomic E-state index is 8.76. The summed E-state index contributed by atoms with van der Waals surface area (Å²) in [6, 6.07) is 11.2. The van der Waals surface area contributed by atoms with Crippen LogP contribution in [0.5, 0.6) is 5.75 Å². The third-order valence-corrected chi connectivity index (χ3v) is 2.64. The van der Waals surface area contributed by atoms with Crippen LogP contribution in [0.3, 0.4) is 0 Å². The number of ether oxygens (including phenoxy) is 1. The molecule has 0 fully saturated rings. The Bertz CT molecular complexity index is 617. The van der Waals surface area contributed by atoms with Crippen molar-refractivity contribution in [3.8, 4) is 11.8 Å². The van der Waals surface area contributed by atoms with E-state index in [1.807, 2.05) is 30.3 Å². The molecule has 1 aromatic carbocycles. The first-order valence-electron chi connectivity index (χ1n) is 6.38. The predicted molar refractivity (Wildman–Crippen MR) is 78.9 cm³/mol. The smallest absolute Gasteiger partial charge is 0.153 e. The molecule has 0 aliphatic rings. The van der Waals surface area contributed by atoms with Crippen LogP contribution in [-0.4, -0.2) is 11.6 Å². The highest BCUT2D eigenvalue weighted by molar-refractivity contribution is 5.69. The number of pyridine rings is 1. The van der Waals surface area contributed by atoms with Gasteiger partial charge in [-0.3, -0.25) is 0 Å². The lowest BCUT2D eigenvalue weighted by molar-refractivity contribution is 0.317. The first-order chi connectivity index (χ1) is 9.72. The normalized spacial score (nSPS) is 9.80. The number of nitrogens with one attached hydrogen (secondary N) is 1. The minimum atomic E-state index is 0.440. The van der Waals surface area contributed by atoms with E-state index in [-0.39, 0.29) is 0 Å². The zero-order chi connectivity index (χ0) is 14.4. The Morgan fingerprint density at radius 3 is 2.70 bits per heavy atom. The molecule has 3 N–H and O–H groups in total. The minimum Gasteiger partial charge on any atom is -0.494 e. The van der Waals surface area contributed by atoms with Gasteiger partial charge in [0.25, 0.3) is 0 Å².